The summed E-state index contributed by atoms with van der Waals surface area (Å²) in [5.74, 6) is 0.875. The number of benzene rings is 1. The smallest absolute Gasteiger partial charge is 0.0841 e. The van der Waals surface area contributed by atoms with Crippen LogP contribution in [0, 0.1) is 5.92 Å². The van der Waals surface area contributed by atoms with Crippen molar-refractivity contribution in [1.29, 1.82) is 0 Å². The molecule has 1 heterocycles. The number of aryl methyl sites for hydroxylation is 1. The summed E-state index contributed by atoms with van der Waals surface area (Å²) in [4.78, 5) is 0. The van der Waals surface area contributed by atoms with Gasteiger partial charge >= 0.3 is 0 Å². The highest BCUT2D eigenvalue weighted by atomic mass is 15.3. The van der Waals surface area contributed by atoms with Crippen LogP contribution in [0.25, 0.3) is 10.9 Å². The molecule has 0 saturated heterocycles. The molecule has 1 unspecified atom stereocenters. The molecule has 1 atom stereocenters. The molecule has 96 valence electrons. The lowest BCUT2D eigenvalue weighted by Crippen LogP contribution is -2.36. The van der Waals surface area contributed by atoms with E-state index < -0.39 is 0 Å². The standard InChI is InChI=1S/C15H21N3/c1-11(12-6-5-7-12)16-10-14-13-8-3-4-9-15(13)18(2)17-14/h3-4,8-9,11-12,16H,5-7,10H2,1-2H3. The SMILES string of the molecule is CC(NCc1nn(C)c2ccccc12)C1CCC1. The lowest BCUT2D eigenvalue weighted by Gasteiger charge is -2.31. The molecule has 3 nitrogen and oxygen atoms in total. The van der Waals surface area contributed by atoms with Gasteiger partial charge < -0.3 is 5.32 Å². The van der Waals surface area contributed by atoms with Gasteiger partial charge in [-0.05, 0) is 31.7 Å². The third-order valence-electron chi connectivity index (χ3n) is 4.28. The van der Waals surface area contributed by atoms with Gasteiger partial charge in [-0.2, -0.15) is 5.10 Å². The molecule has 2 aromatic rings. The number of hydrogen-bond donors (Lipinski definition) is 1. The molecule has 0 spiro atoms. The van der Waals surface area contributed by atoms with Gasteiger partial charge in [0.1, 0.15) is 0 Å². The molecule has 1 saturated carbocycles. The second-order valence-electron chi connectivity index (χ2n) is 5.45. The molecule has 3 rings (SSSR count). The van der Waals surface area contributed by atoms with Crippen molar-refractivity contribution in [1.82, 2.24) is 15.1 Å². The summed E-state index contributed by atoms with van der Waals surface area (Å²) in [5.41, 5.74) is 2.38. The Labute approximate surface area is 108 Å². The van der Waals surface area contributed by atoms with Crippen molar-refractivity contribution in [3.63, 3.8) is 0 Å². The lowest BCUT2D eigenvalue weighted by atomic mass is 9.80. The Bertz CT molecular complexity index is 540. The summed E-state index contributed by atoms with van der Waals surface area (Å²) in [7, 11) is 2.02. The number of nitrogens with one attached hydrogen (secondary N) is 1. The molecule has 0 aliphatic heterocycles. The Balaban J connectivity index is 1.74. The number of aromatic nitrogens is 2. The molecule has 18 heavy (non-hydrogen) atoms. The van der Waals surface area contributed by atoms with E-state index in [0.717, 1.165) is 12.5 Å². The molecule has 0 bridgehead atoms. The van der Waals surface area contributed by atoms with E-state index in [-0.39, 0.29) is 0 Å². The van der Waals surface area contributed by atoms with Crippen molar-refractivity contribution in [3.05, 3.63) is 30.0 Å². The quantitative estimate of drug-likeness (QED) is 0.895. The minimum absolute atomic E-state index is 0.611. The number of hydrogen-bond acceptors (Lipinski definition) is 2. The first-order valence-corrected chi connectivity index (χ1v) is 6.89. The summed E-state index contributed by atoms with van der Waals surface area (Å²) < 4.78 is 1.97. The van der Waals surface area contributed by atoms with Crippen LogP contribution in [0.2, 0.25) is 0 Å². The summed E-state index contributed by atoms with van der Waals surface area (Å²) in [6.07, 6.45) is 4.18. The van der Waals surface area contributed by atoms with Gasteiger partial charge in [0, 0.05) is 25.0 Å². The Morgan fingerprint density at radius 3 is 2.89 bits per heavy atom. The fraction of sp³-hybridized carbons (Fsp3) is 0.533. The van der Waals surface area contributed by atoms with Gasteiger partial charge in [-0.15, -0.1) is 0 Å². The molecule has 0 radical (unpaired) electrons. The number of rotatable bonds is 4. The maximum atomic E-state index is 4.62. The highest BCUT2D eigenvalue weighted by Crippen LogP contribution is 2.29. The fourth-order valence-corrected chi connectivity index (χ4v) is 2.78. The maximum Gasteiger partial charge on any atom is 0.0841 e. The van der Waals surface area contributed by atoms with E-state index in [1.807, 2.05) is 11.7 Å². The molecule has 1 aliphatic carbocycles. The second kappa shape index (κ2) is 4.73. The van der Waals surface area contributed by atoms with Crippen LogP contribution < -0.4 is 5.32 Å². The first-order valence-electron chi connectivity index (χ1n) is 6.89. The molecule has 1 aromatic carbocycles. The minimum Gasteiger partial charge on any atom is -0.308 e. The van der Waals surface area contributed by atoms with E-state index in [4.69, 9.17) is 0 Å². The Morgan fingerprint density at radius 2 is 2.17 bits per heavy atom. The van der Waals surface area contributed by atoms with Crippen LogP contribution in [0.1, 0.15) is 31.9 Å². The van der Waals surface area contributed by atoms with Crippen LogP contribution in [0.15, 0.2) is 24.3 Å². The van der Waals surface area contributed by atoms with E-state index in [9.17, 15) is 0 Å². The van der Waals surface area contributed by atoms with Crippen LogP contribution in [0.4, 0.5) is 0 Å². The van der Waals surface area contributed by atoms with Gasteiger partial charge in [-0.25, -0.2) is 0 Å². The van der Waals surface area contributed by atoms with Crippen molar-refractivity contribution in [3.8, 4) is 0 Å². The average molecular weight is 243 g/mol. The van der Waals surface area contributed by atoms with Crippen molar-refractivity contribution in [2.45, 2.75) is 38.8 Å². The largest absolute Gasteiger partial charge is 0.308 e. The fourth-order valence-electron chi connectivity index (χ4n) is 2.78. The van der Waals surface area contributed by atoms with Crippen molar-refractivity contribution in [2.75, 3.05) is 0 Å². The van der Waals surface area contributed by atoms with Crippen molar-refractivity contribution >= 4 is 10.9 Å². The summed E-state index contributed by atoms with van der Waals surface area (Å²) in [6, 6.07) is 9.05. The van der Waals surface area contributed by atoms with Crippen LogP contribution in [-0.4, -0.2) is 15.8 Å². The summed E-state index contributed by atoms with van der Waals surface area (Å²) in [6.45, 7) is 3.17. The zero-order valence-electron chi connectivity index (χ0n) is 11.2. The first kappa shape index (κ1) is 11.7. The van der Waals surface area contributed by atoms with E-state index >= 15 is 0 Å². The maximum absolute atomic E-state index is 4.62. The van der Waals surface area contributed by atoms with Crippen LogP contribution in [0.5, 0.6) is 0 Å². The van der Waals surface area contributed by atoms with Gasteiger partial charge in [0.15, 0.2) is 0 Å². The molecule has 1 fully saturated rings. The van der Waals surface area contributed by atoms with Crippen LogP contribution >= 0.6 is 0 Å². The predicted octanol–water partition coefficient (Wildman–Crippen LogP) is 2.85. The predicted molar refractivity (Wildman–Crippen MR) is 74.4 cm³/mol. The topological polar surface area (TPSA) is 29.9 Å². The third-order valence-corrected chi connectivity index (χ3v) is 4.28. The number of nitrogens with zero attached hydrogens (tertiary/aromatic N) is 2. The molecule has 1 aromatic heterocycles. The van der Waals surface area contributed by atoms with E-state index in [1.54, 1.807) is 0 Å². The molecular weight excluding hydrogens is 222 g/mol. The number of para-hydroxylation sites is 1. The molecule has 1 aliphatic rings. The average Bonchev–Trinajstić information content (AvgIpc) is 2.62. The second-order valence-corrected chi connectivity index (χ2v) is 5.45. The highest BCUT2D eigenvalue weighted by Gasteiger charge is 2.23. The van der Waals surface area contributed by atoms with Gasteiger partial charge in [0.2, 0.25) is 0 Å². The normalized spacial score (nSPS) is 17.9. The lowest BCUT2D eigenvalue weighted by molar-refractivity contribution is 0.239. The zero-order chi connectivity index (χ0) is 12.5. The van der Waals surface area contributed by atoms with Gasteiger partial charge in [-0.3, -0.25) is 4.68 Å². The van der Waals surface area contributed by atoms with Gasteiger partial charge in [0.05, 0.1) is 11.2 Å². The zero-order valence-corrected chi connectivity index (χ0v) is 11.2. The van der Waals surface area contributed by atoms with Gasteiger partial charge in [-0.1, -0.05) is 24.6 Å². The highest BCUT2D eigenvalue weighted by molar-refractivity contribution is 5.81. The molecule has 3 heteroatoms. The Hall–Kier alpha value is -1.35. The Kier molecular flexibility index (Phi) is 3.08. The van der Waals surface area contributed by atoms with Crippen LogP contribution in [-0.2, 0) is 13.6 Å². The monoisotopic (exact) mass is 243 g/mol. The summed E-state index contributed by atoms with van der Waals surface area (Å²) in [5, 5.41) is 9.52. The molecule has 1 N–H and O–H groups in total. The first-order chi connectivity index (χ1) is 8.75. The van der Waals surface area contributed by atoms with E-state index in [2.05, 4.69) is 41.6 Å². The van der Waals surface area contributed by atoms with E-state index in [1.165, 1.54) is 35.9 Å². The molecule has 0 amide bonds. The van der Waals surface area contributed by atoms with Gasteiger partial charge in [0.25, 0.3) is 0 Å². The van der Waals surface area contributed by atoms with E-state index in [0.29, 0.717) is 6.04 Å². The minimum atomic E-state index is 0.611. The summed E-state index contributed by atoms with van der Waals surface area (Å²) >= 11 is 0. The third kappa shape index (κ3) is 2.03. The van der Waals surface area contributed by atoms with Crippen molar-refractivity contribution in [2.24, 2.45) is 13.0 Å². The van der Waals surface area contributed by atoms with Crippen LogP contribution in [0.3, 0.4) is 0 Å². The molecular formula is C15H21N3. The number of fused-ring (bicyclic) bond motifs is 1. The Morgan fingerprint density at radius 1 is 1.39 bits per heavy atom. The van der Waals surface area contributed by atoms with Crippen molar-refractivity contribution < 1.29 is 0 Å².